The maximum Gasteiger partial charge on any atom is 0.0622 e. The van der Waals surface area contributed by atoms with E-state index in [1.807, 2.05) is 11.3 Å². The van der Waals surface area contributed by atoms with Gasteiger partial charge in [0.1, 0.15) is 0 Å². The second-order valence-corrected chi connectivity index (χ2v) is 15.9. The summed E-state index contributed by atoms with van der Waals surface area (Å²) in [7, 11) is 0. The average molecular weight is 644 g/mol. The molecule has 1 nitrogen and oxygen atoms in total. The van der Waals surface area contributed by atoms with E-state index in [1.54, 1.807) is 11.1 Å². The minimum absolute atomic E-state index is 0.139. The molecule has 9 aromatic rings. The third-order valence-corrected chi connectivity index (χ3v) is 13.8. The van der Waals surface area contributed by atoms with Crippen molar-refractivity contribution >= 4 is 64.1 Å². The molecule has 0 aliphatic heterocycles. The number of rotatable bonds is 2. The predicted octanol–water partition coefficient (Wildman–Crippen LogP) is 13.1. The van der Waals surface area contributed by atoms with Crippen LogP contribution in [0, 0.1) is 11.8 Å². The summed E-state index contributed by atoms with van der Waals surface area (Å²) in [5.74, 6) is 1.58. The third kappa shape index (κ3) is 3.36. The maximum absolute atomic E-state index is 2.66. The van der Waals surface area contributed by atoms with E-state index in [4.69, 9.17) is 0 Å². The van der Waals surface area contributed by atoms with E-state index in [0.717, 1.165) is 11.8 Å². The van der Waals surface area contributed by atoms with Gasteiger partial charge in [-0.25, -0.2) is 0 Å². The number of benzene rings is 7. The molecule has 2 heteroatoms. The lowest BCUT2D eigenvalue weighted by molar-refractivity contribution is 0.327. The summed E-state index contributed by atoms with van der Waals surface area (Å²) in [5.41, 5.74) is 12.7. The van der Waals surface area contributed by atoms with Gasteiger partial charge in [0.2, 0.25) is 0 Å². The average Bonchev–Trinajstić information content (AvgIpc) is 3.97. The molecule has 0 saturated heterocycles. The molecule has 2 heterocycles. The fourth-order valence-corrected chi connectivity index (χ4v) is 11.9. The van der Waals surface area contributed by atoms with E-state index >= 15 is 0 Å². The molecule has 49 heavy (non-hydrogen) atoms. The number of hydrogen-bond acceptors (Lipinski definition) is 1. The molecule has 232 valence electrons. The van der Waals surface area contributed by atoms with Gasteiger partial charge in [-0.05, 0) is 88.6 Å². The topological polar surface area (TPSA) is 4.93 Å². The minimum Gasteiger partial charge on any atom is -0.308 e. The molecule has 3 aliphatic rings. The zero-order valence-electron chi connectivity index (χ0n) is 27.1. The van der Waals surface area contributed by atoms with Crippen molar-refractivity contribution in [2.75, 3.05) is 0 Å². The normalized spacial score (nSPS) is 20.8. The molecule has 7 aromatic carbocycles. The Hall–Kier alpha value is -5.18. The lowest BCUT2D eigenvalue weighted by Crippen LogP contribution is -2.31. The standard InChI is InChI=1S/C47H33NS/c1-2-10-29(11-3-1)31-21-23-41(33-13-5-4-12-32(31)33)48-42-26-44-38(34-14-7-9-17-43(34)49-44)25-37(42)35-20-22-40-45(46(35)48)36-15-6-8-16-39(36)47(40)27-28-18-19-30(47)24-28/h1-17,20-23,25-26,28,30H,18-19,24,27H2. The second kappa shape index (κ2) is 9.49. The van der Waals surface area contributed by atoms with Crippen LogP contribution in [0.3, 0.4) is 0 Å². The van der Waals surface area contributed by atoms with Crippen molar-refractivity contribution in [2.45, 2.75) is 31.1 Å². The van der Waals surface area contributed by atoms with Crippen LogP contribution in [0.25, 0.3) is 80.7 Å². The second-order valence-electron chi connectivity index (χ2n) is 14.8. The smallest absolute Gasteiger partial charge is 0.0622 e. The van der Waals surface area contributed by atoms with E-state index in [1.165, 1.54) is 106 Å². The Morgan fingerprint density at radius 2 is 1.35 bits per heavy atom. The molecule has 2 fully saturated rings. The summed E-state index contributed by atoms with van der Waals surface area (Å²) >= 11 is 1.92. The summed E-state index contributed by atoms with van der Waals surface area (Å²) < 4.78 is 5.37. The highest BCUT2D eigenvalue weighted by Gasteiger charge is 2.57. The Bertz CT molecular complexity index is 2850. The Balaban J connectivity index is 1.26. The molecule has 12 rings (SSSR count). The fraction of sp³-hybridized carbons (Fsp3) is 0.149. The van der Waals surface area contributed by atoms with Crippen molar-refractivity contribution < 1.29 is 0 Å². The first-order chi connectivity index (χ1) is 24.3. The van der Waals surface area contributed by atoms with Crippen molar-refractivity contribution in [3.05, 3.63) is 151 Å². The van der Waals surface area contributed by atoms with Gasteiger partial charge in [0.25, 0.3) is 0 Å². The van der Waals surface area contributed by atoms with E-state index in [-0.39, 0.29) is 5.41 Å². The molecule has 2 aromatic heterocycles. The third-order valence-electron chi connectivity index (χ3n) is 12.7. The van der Waals surface area contributed by atoms with Crippen LogP contribution in [-0.4, -0.2) is 4.57 Å². The van der Waals surface area contributed by atoms with Crippen molar-refractivity contribution in [2.24, 2.45) is 11.8 Å². The van der Waals surface area contributed by atoms with Gasteiger partial charge in [-0.3, -0.25) is 0 Å². The van der Waals surface area contributed by atoms with Crippen molar-refractivity contribution in [3.63, 3.8) is 0 Å². The summed E-state index contributed by atoms with van der Waals surface area (Å²) in [5, 5.41) is 8.00. The van der Waals surface area contributed by atoms with Gasteiger partial charge >= 0.3 is 0 Å². The molecule has 1 spiro atoms. The zero-order chi connectivity index (χ0) is 31.8. The van der Waals surface area contributed by atoms with Crippen LogP contribution in [0.5, 0.6) is 0 Å². The van der Waals surface area contributed by atoms with Crippen LogP contribution >= 0.6 is 11.3 Å². The van der Waals surface area contributed by atoms with Crippen LogP contribution in [-0.2, 0) is 5.41 Å². The molecule has 0 radical (unpaired) electrons. The lowest BCUT2D eigenvalue weighted by atomic mass is 9.67. The first kappa shape index (κ1) is 26.7. The predicted molar refractivity (Wildman–Crippen MR) is 208 cm³/mol. The Labute approximate surface area is 289 Å². The van der Waals surface area contributed by atoms with Crippen molar-refractivity contribution in [1.82, 2.24) is 4.57 Å². The van der Waals surface area contributed by atoms with Crippen molar-refractivity contribution in [3.8, 4) is 27.9 Å². The van der Waals surface area contributed by atoms with Gasteiger partial charge in [-0.15, -0.1) is 11.3 Å². The summed E-state index contributed by atoms with van der Waals surface area (Å²) in [6.45, 7) is 0. The molecule has 0 amide bonds. The molecule has 3 unspecified atom stereocenters. The van der Waals surface area contributed by atoms with Crippen molar-refractivity contribution in [1.29, 1.82) is 0 Å². The number of hydrogen-bond donors (Lipinski definition) is 0. The molecule has 0 N–H and O–H groups in total. The van der Waals surface area contributed by atoms with Gasteiger partial charge in [-0.1, -0.05) is 122 Å². The molecule has 2 bridgehead atoms. The van der Waals surface area contributed by atoms with Gasteiger partial charge < -0.3 is 4.57 Å². The van der Waals surface area contributed by atoms with Crippen LogP contribution in [0.2, 0.25) is 0 Å². The molecule has 2 saturated carbocycles. The number of aromatic nitrogens is 1. The van der Waals surface area contributed by atoms with Gasteiger partial charge in [-0.2, -0.15) is 0 Å². The van der Waals surface area contributed by atoms with E-state index in [2.05, 4.69) is 144 Å². The molecular formula is C47H33NS. The Morgan fingerprint density at radius 3 is 2.20 bits per heavy atom. The Morgan fingerprint density at radius 1 is 0.551 bits per heavy atom. The number of fused-ring (bicyclic) bond motifs is 16. The number of thiophene rings is 1. The SMILES string of the molecule is c1ccc(-c2ccc(-n3c4cc5sc6ccccc6c5cc4c4ccc5c(c43)-c3ccccc3C53CC4CCC3C4)c3ccccc23)cc1. The highest BCUT2D eigenvalue weighted by molar-refractivity contribution is 7.25. The monoisotopic (exact) mass is 643 g/mol. The van der Waals surface area contributed by atoms with E-state index < -0.39 is 0 Å². The summed E-state index contributed by atoms with van der Waals surface area (Å²) in [6.07, 6.45) is 5.43. The minimum atomic E-state index is 0.139. The highest BCUT2D eigenvalue weighted by atomic mass is 32.1. The van der Waals surface area contributed by atoms with E-state index in [9.17, 15) is 0 Å². The van der Waals surface area contributed by atoms with Crippen LogP contribution in [0.1, 0.15) is 36.8 Å². The van der Waals surface area contributed by atoms with E-state index in [0.29, 0.717) is 0 Å². The van der Waals surface area contributed by atoms with Gasteiger partial charge in [0.05, 0.1) is 16.7 Å². The molecule has 3 atom stereocenters. The first-order valence-corrected chi connectivity index (χ1v) is 18.7. The first-order valence-electron chi connectivity index (χ1n) is 17.9. The summed E-state index contributed by atoms with van der Waals surface area (Å²) in [6, 6.07) is 53.1. The highest BCUT2D eigenvalue weighted by Crippen LogP contribution is 2.66. The van der Waals surface area contributed by atoms with Gasteiger partial charge in [0, 0.05) is 47.3 Å². The fourth-order valence-electron chi connectivity index (χ4n) is 10.8. The Kier molecular flexibility index (Phi) is 5.18. The van der Waals surface area contributed by atoms with Crippen LogP contribution in [0.15, 0.2) is 140 Å². The largest absolute Gasteiger partial charge is 0.308 e. The van der Waals surface area contributed by atoms with Crippen LogP contribution < -0.4 is 0 Å². The van der Waals surface area contributed by atoms with Gasteiger partial charge in [0.15, 0.2) is 0 Å². The maximum atomic E-state index is 2.66. The summed E-state index contributed by atoms with van der Waals surface area (Å²) in [4.78, 5) is 0. The molecular weight excluding hydrogens is 611 g/mol. The lowest BCUT2D eigenvalue weighted by Gasteiger charge is -2.36. The van der Waals surface area contributed by atoms with Crippen LogP contribution in [0.4, 0.5) is 0 Å². The zero-order valence-corrected chi connectivity index (χ0v) is 27.9. The quantitative estimate of drug-likeness (QED) is 0.177. The number of nitrogens with zero attached hydrogens (tertiary/aromatic N) is 1. The molecule has 3 aliphatic carbocycles.